The first kappa shape index (κ1) is 14.3. The molecule has 2 heterocycles. The number of fused-ring (bicyclic) bond motifs is 1. The molecular formula is C16H17N3O3. The molecule has 1 amide bonds. The van der Waals surface area contributed by atoms with Crippen LogP contribution in [0.15, 0.2) is 30.3 Å². The molecule has 6 nitrogen and oxygen atoms in total. The third kappa shape index (κ3) is 2.36. The Kier molecular flexibility index (Phi) is 3.66. The second-order valence-electron chi connectivity index (χ2n) is 5.25. The molecule has 0 saturated heterocycles. The highest BCUT2D eigenvalue weighted by Gasteiger charge is 2.29. The number of hydrogen-bond acceptors (Lipinski definition) is 3. The predicted molar refractivity (Wildman–Crippen MR) is 79.9 cm³/mol. The number of nitrogens with zero attached hydrogens (tertiary/aromatic N) is 3. The molecule has 3 rings (SSSR count). The van der Waals surface area contributed by atoms with Gasteiger partial charge in [0.25, 0.3) is 0 Å². The Morgan fingerprint density at radius 3 is 2.64 bits per heavy atom. The van der Waals surface area contributed by atoms with Gasteiger partial charge in [0.1, 0.15) is 0 Å². The van der Waals surface area contributed by atoms with Gasteiger partial charge in [-0.25, -0.2) is 9.48 Å². The molecule has 0 unspecified atom stereocenters. The van der Waals surface area contributed by atoms with Crippen molar-refractivity contribution >= 4 is 11.9 Å². The molecule has 0 aliphatic carbocycles. The lowest BCUT2D eigenvalue weighted by molar-refractivity contribution is -0.131. The highest BCUT2D eigenvalue weighted by molar-refractivity contribution is 5.88. The molecule has 2 aromatic rings. The third-order valence-electron chi connectivity index (χ3n) is 3.92. The van der Waals surface area contributed by atoms with Crippen molar-refractivity contribution in [1.82, 2.24) is 14.7 Å². The molecule has 6 heteroatoms. The molecular weight excluding hydrogens is 282 g/mol. The van der Waals surface area contributed by atoms with Gasteiger partial charge < -0.3 is 10.0 Å². The summed E-state index contributed by atoms with van der Waals surface area (Å²) < 4.78 is 1.69. The number of amides is 1. The number of para-hydroxylation sites is 1. The third-order valence-corrected chi connectivity index (χ3v) is 3.92. The van der Waals surface area contributed by atoms with Gasteiger partial charge >= 0.3 is 5.97 Å². The van der Waals surface area contributed by atoms with E-state index in [-0.39, 0.29) is 11.6 Å². The summed E-state index contributed by atoms with van der Waals surface area (Å²) in [4.78, 5) is 25.1. The number of aromatic carboxylic acids is 1. The number of rotatable bonds is 3. The number of carbonyl (C=O) groups excluding carboxylic acids is 1. The van der Waals surface area contributed by atoms with Crippen molar-refractivity contribution in [1.29, 1.82) is 0 Å². The van der Waals surface area contributed by atoms with Crippen LogP contribution in [-0.2, 0) is 17.8 Å². The molecule has 22 heavy (non-hydrogen) atoms. The van der Waals surface area contributed by atoms with E-state index in [1.807, 2.05) is 37.3 Å². The second-order valence-corrected chi connectivity index (χ2v) is 5.25. The first-order valence-corrected chi connectivity index (χ1v) is 7.29. The number of carboxylic acids is 1. The zero-order valence-corrected chi connectivity index (χ0v) is 12.3. The lowest BCUT2D eigenvalue weighted by Crippen LogP contribution is -2.36. The van der Waals surface area contributed by atoms with Crippen molar-refractivity contribution in [3.63, 3.8) is 0 Å². The fraction of sp³-hybridized carbons (Fsp3) is 0.312. The summed E-state index contributed by atoms with van der Waals surface area (Å²) in [6.45, 7) is 2.72. The zero-order chi connectivity index (χ0) is 15.7. The standard InChI is InChI=1S/C16H17N3O3/c1-2-14(20)18-9-8-13-12(10-18)15(16(21)22)17-19(13)11-6-4-3-5-7-11/h3-7H,2,8-10H2,1H3,(H,21,22). The Hall–Kier alpha value is -2.63. The Balaban J connectivity index is 2.07. The van der Waals surface area contributed by atoms with Crippen LogP contribution in [0, 0.1) is 0 Å². The van der Waals surface area contributed by atoms with Crippen molar-refractivity contribution in [2.45, 2.75) is 26.3 Å². The largest absolute Gasteiger partial charge is 0.476 e. The van der Waals surface area contributed by atoms with Crippen molar-refractivity contribution in [3.05, 3.63) is 47.3 Å². The second kappa shape index (κ2) is 5.63. The van der Waals surface area contributed by atoms with E-state index in [0.717, 1.165) is 11.4 Å². The summed E-state index contributed by atoms with van der Waals surface area (Å²) in [5.41, 5.74) is 2.39. The van der Waals surface area contributed by atoms with Gasteiger partial charge in [-0.05, 0) is 12.1 Å². The van der Waals surface area contributed by atoms with E-state index in [1.54, 1.807) is 9.58 Å². The average Bonchev–Trinajstić information content (AvgIpc) is 2.94. The molecule has 1 N–H and O–H groups in total. The summed E-state index contributed by atoms with van der Waals surface area (Å²) in [6.07, 6.45) is 1.03. The Morgan fingerprint density at radius 1 is 1.27 bits per heavy atom. The van der Waals surface area contributed by atoms with Crippen LogP contribution in [0.4, 0.5) is 0 Å². The first-order chi connectivity index (χ1) is 10.6. The van der Waals surface area contributed by atoms with Gasteiger partial charge in [0.2, 0.25) is 5.91 Å². The number of benzene rings is 1. The van der Waals surface area contributed by atoms with Crippen LogP contribution in [0.2, 0.25) is 0 Å². The number of hydrogen-bond donors (Lipinski definition) is 1. The Bertz CT molecular complexity index is 722. The van der Waals surface area contributed by atoms with E-state index in [1.165, 1.54) is 0 Å². The summed E-state index contributed by atoms with van der Waals surface area (Å²) in [7, 11) is 0. The monoisotopic (exact) mass is 299 g/mol. The van der Waals surface area contributed by atoms with Crippen molar-refractivity contribution in [2.24, 2.45) is 0 Å². The van der Waals surface area contributed by atoms with Gasteiger partial charge in [0.05, 0.1) is 11.4 Å². The van der Waals surface area contributed by atoms with Crippen LogP contribution < -0.4 is 0 Å². The van der Waals surface area contributed by atoms with Crippen LogP contribution in [0.5, 0.6) is 0 Å². The summed E-state index contributed by atoms with van der Waals surface area (Å²) in [6, 6.07) is 9.46. The van der Waals surface area contributed by atoms with Crippen LogP contribution in [0.3, 0.4) is 0 Å². The van der Waals surface area contributed by atoms with Crippen molar-refractivity contribution < 1.29 is 14.7 Å². The number of aromatic nitrogens is 2. The minimum Gasteiger partial charge on any atom is -0.476 e. The van der Waals surface area contributed by atoms with Crippen molar-refractivity contribution in [2.75, 3.05) is 6.54 Å². The molecule has 0 fully saturated rings. The summed E-state index contributed by atoms with van der Waals surface area (Å²) >= 11 is 0. The van der Waals surface area contributed by atoms with E-state index in [9.17, 15) is 14.7 Å². The molecule has 0 bridgehead atoms. The fourth-order valence-electron chi connectivity index (χ4n) is 2.81. The molecule has 1 aliphatic rings. The molecule has 0 spiro atoms. The Morgan fingerprint density at radius 2 is 2.00 bits per heavy atom. The highest BCUT2D eigenvalue weighted by Crippen LogP contribution is 2.25. The van der Waals surface area contributed by atoms with Gasteiger partial charge in [-0.1, -0.05) is 25.1 Å². The Labute approximate surface area is 128 Å². The lowest BCUT2D eigenvalue weighted by Gasteiger charge is -2.27. The molecule has 1 aromatic heterocycles. The van der Waals surface area contributed by atoms with E-state index in [2.05, 4.69) is 5.10 Å². The van der Waals surface area contributed by atoms with Crippen LogP contribution in [-0.4, -0.2) is 38.2 Å². The minimum atomic E-state index is -1.06. The highest BCUT2D eigenvalue weighted by atomic mass is 16.4. The maximum absolute atomic E-state index is 11.9. The maximum atomic E-state index is 11.9. The van der Waals surface area contributed by atoms with Gasteiger partial charge in [-0.3, -0.25) is 4.79 Å². The summed E-state index contributed by atoms with van der Waals surface area (Å²) in [5, 5.41) is 13.7. The molecule has 0 atom stereocenters. The zero-order valence-electron chi connectivity index (χ0n) is 12.3. The predicted octanol–water partition coefficient (Wildman–Crippen LogP) is 1.87. The minimum absolute atomic E-state index is 0.0347. The molecule has 0 radical (unpaired) electrons. The normalized spacial score (nSPS) is 13.8. The molecule has 1 aromatic carbocycles. The van der Waals surface area contributed by atoms with Crippen LogP contribution in [0.1, 0.15) is 35.1 Å². The van der Waals surface area contributed by atoms with Crippen LogP contribution in [0.25, 0.3) is 5.69 Å². The molecule has 114 valence electrons. The summed E-state index contributed by atoms with van der Waals surface area (Å²) in [5.74, 6) is -1.02. The van der Waals surface area contributed by atoms with E-state index in [4.69, 9.17) is 0 Å². The number of carboxylic acid groups (broad SMARTS) is 1. The van der Waals surface area contributed by atoms with Gasteiger partial charge in [0.15, 0.2) is 5.69 Å². The van der Waals surface area contributed by atoms with Gasteiger partial charge in [-0.2, -0.15) is 5.10 Å². The smallest absolute Gasteiger partial charge is 0.356 e. The number of carbonyl (C=O) groups is 2. The maximum Gasteiger partial charge on any atom is 0.356 e. The SMILES string of the molecule is CCC(=O)N1CCc2c(c(C(=O)O)nn2-c2ccccc2)C1. The lowest BCUT2D eigenvalue weighted by atomic mass is 10.0. The molecule has 0 saturated carbocycles. The molecule has 1 aliphatic heterocycles. The topological polar surface area (TPSA) is 75.4 Å². The van der Waals surface area contributed by atoms with Crippen molar-refractivity contribution in [3.8, 4) is 5.69 Å². The van der Waals surface area contributed by atoms with Gasteiger partial charge in [0, 0.05) is 31.5 Å². The van der Waals surface area contributed by atoms with Crippen LogP contribution >= 0.6 is 0 Å². The van der Waals surface area contributed by atoms with E-state index in [0.29, 0.717) is 31.5 Å². The first-order valence-electron chi connectivity index (χ1n) is 7.29. The van der Waals surface area contributed by atoms with Gasteiger partial charge in [-0.15, -0.1) is 0 Å². The fourth-order valence-corrected chi connectivity index (χ4v) is 2.81. The van der Waals surface area contributed by atoms with E-state index >= 15 is 0 Å². The average molecular weight is 299 g/mol. The van der Waals surface area contributed by atoms with E-state index < -0.39 is 5.97 Å². The quantitative estimate of drug-likeness (QED) is 0.938.